The van der Waals surface area contributed by atoms with Gasteiger partial charge in [-0.3, -0.25) is 4.79 Å². The third kappa shape index (κ3) is 3.96. The predicted octanol–water partition coefficient (Wildman–Crippen LogP) is 0.0679. The van der Waals surface area contributed by atoms with E-state index in [2.05, 4.69) is 10.6 Å². The van der Waals surface area contributed by atoms with E-state index in [0.717, 1.165) is 25.8 Å². The van der Waals surface area contributed by atoms with E-state index in [1.54, 1.807) is 6.92 Å². The Kier molecular flexibility index (Phi) is 4.55. The van der Waals surface area contributed by atoms with Crippen molar-refractivity contribution < 1.29 is 13.2 Å². The molecular weight excluding hydrogens is 240 g/mol. The van der Waals surface area contributed by atoms with Crippen LogP contribution < -0.4 is 10.6 Å². The zero-order chi connectivity index (χ0) is 13.1. The van der Waals surface area contributed by atoms with Gasteiger partial charge in [-0.05, 0) is 32.7 Å². The molecule has 0 aromatic carbocycles. The van der Waals surface area contributed by atoms with Crippen molar-refractivity contribution in [2.24, 2.45) is 0 Å². The molecule has 100 valence electrons. The van der Waals surface area contributed by atoms with Crippen LogP contribution in [0.25, 0.3) is 0 Å². The lowest BCUT2D eigenvalue weighted by molar-refractivity contribution is -0.127. The van der Waals surface area contributed by atoms with Gasteiger partial charge in [0.2, 0.25) is 5.91 Å². The number of amides is 1. The number of carbonyl (C=O) groups is 1. The molecule has 1 aliphatic rings. The Hall–Kier alpha value is -0.620. The molecule has 0 saturated carbocycles. The van der Waals surface area contributed by atoms with Crippen molar-refractivity contribution in [1.29, 1.82) is 0 Å². The summed E-state index contributed by atoms with van der Waals surface area (Å²) in [5.41, 5.74) is -0.494. The fourth-order valence-electron chi connectivity index (χ4n) is 2.32. The van der Waals surface area contributed by atoms with Crippen LogP contribution in [0.15, 0.2) is 0 Å². The number of hydrogen-bond acceptors (Lipinski definition) is 4. The van der Waals surface area contributed by atoms with Crippen LogP contribution in [0.3, 0.4) is 0 Å². The van der Waals surface area contributed by atoms with Gasteiger partial charge in [0.1, 0.15) is 9.84 Å². The fraction of sp³-hybridized carbons (Fsp3) is 0.909. The Morgan fingerprint density at radius 1 is 1.53 bits per heavy atom. The standard InChI is InChI=1S/C11H22N2O3S/c1-4-11(6-5-7-12-11)10(14)13-9(2)8-17(3,15)16/h9,12H,4-8H2,1-3H3,(H,13,14). The first kappa shape index (κ1) is 14.4. The molecule has 1 rings (SSSR count). The number of sulfone groups is 1. The number of nitrogens with one attached hydrogen (secondary N) is 2. The molecule has 6 heteroatoms. The van der Waals surface area contributed by atoms with E-state index in [0.29, 0.717) is 0 Å². The summed E-state index contributed by atoms with van der Waals surface area (Å²) in [4.78, 5) is 12.1. The first-order valence-corrected chi connectivity index (χ1v) is 8.09. The molecule has 17 heavy (non-hydrogen) atoms. The Balaban J connectivity index is 2.59. The molecule has 0 aliphatic carbocycles. The Bertz CT molecular complexity index is 372. The maximum Gasteiger partial charge on any atom is 0.240 e. The summed E-state index contributed by atoms with van der Waals surface area (Å²) in [5.74, 6) is -0.0907. The molecule has 1 saturated heterocycles. The van der Waals surface area contributed by atoms with Crippen LogP contribution in [-0.2, 0) is 14.6 Å². The van der Waals surface area contributed by atoms with E-state index in [9.17, 15) is 13.2 Å². The van der Waals surface area contributed by atoms with Crippen LogP contribution in [0.4, 0.5) is 0 Å². The van der Waals surface area contributed by atoms with Crippen LogP contribution in [0.5, 0.6) is 0 Å². The fourth-order valence-corrected chi connectivity index (χ4v) is 3.31. The molecular formula is C11H22N2O3S. The summed E-state index contributed by atoms with van der Waals surface area (Å²) in [6, 6.07) is -0.344. The van der Waals surface area contributed by atoms with Gasteiger partial charge in [-0.2, -0.15) is 0 Å². The van der Waals surface area contributed by atoms with E-state index in [-0.39, 0.29) is 17.7 Å². The summed E-state index contributed by atoms with van der Waals surface area (Å²) in [7, 11) is -3.05. The third-order valence-electron chi connectivity index (χ3n) is 3.21. The molecule has 1 amide bonds. The molecule has 2 unspecified atom stereocenters. The van der Waals surface area contributed by atoms with Crippen molar-refractivity contribution >= 4 is 15.7 Å². The smallest absolute Gasteiger partial charge is 0.240 e. The largest absolute Gasteiger partial charge is 0.351 e. The van der Waals surface area contributed by atoms with Gasteiger partial charge in [-0.1, -0.05) is 6.92 Å². The van der Waals surface area contributed by atoms with Crippen molar-refractivity contribution in [3.05, 3.63) is 0 Å². The monoisotopic (exact) mass is 262 g/mol. The molecule has 5 nitrogen and oxygen atoms in total. The van der Waals surface area contributed by atoms with Crippen LogP contribution in [0.2, 0.25) is 0 Å². The van der Waals surface area contributed by atoms with E-state index < -0.39 is 15.4 Å². The lowest BCUT2D eigenvalue weighted by Crippen LogP contribution is -2.55. The lowest BCUT2D eigenvalue weighted by Gasteiger charge is -2.28. The topological polar surface area (TPSA) is 75.3 Å². The van der Waals surface area contributed by atoms with Gasteiger partial charge in [0.25, 0.3) is 0 Å². The van der Waals surface area contributed by atoms with Gasteiger partial charge in [0, 0.05) is 12.3 Å². The van der Waals surface area contributed by atoms with Crippen LogP contribution in [0.1, 0.15) is 33.1 Å². The molecule has 0 bridgehead atoms. The molecule has 2 atom stereocenters. The zero-order valence-electron chi connectivity index (χ0n) is 10.7. The summed E-state index contributed by atoms with van der Waals surface area (Å²) in [6.45, 7) is 4.54. The highest BCUT2D eigenvalue weighted by Gasteiger charge is 2.39. The second-order valence-corrected chi connectivity index (χ2v) is 7.12. The highest BCUT2D eigenvalue weighted by molar-refractivity contribution is 7.90. The third-order valence-corrected chi connectivity index (χ3v) is 4.32. The molecule has 2 N–H and O–H groups in total. The molecule has 0 aromatic rings. The van der Waals surface area contributed by atoms with Crippen molar-refractivity contribution in [1.82, 2.24) is 10.6 Å². The minimum absolute atomic E-state index is 0.0153. The first-order valence-electron chi connectivity index (χ1n) is 6.03. The minimum Gasteiger partial charge on any atom is -0.351 e. The van der Waals surface area contributed by atoms with Gasteiger partial charge >= 0.3 is 0 Å². The maximum atomic E-state index is 12.1. The van der Waals surface area contributed by atoms with Crippen molar-refractivity contribution in [3.63, 3.8) is 0 Å². The SMILES string of the molecule is CCC1(C(=O)NC(C)CS(C)(=O)=O)CCCN1. The minimum atomic E-state index is -3.05. The quantitative estimate of drug-likeness (QED) is 0.735. The average molecular weight is 262 g/mol. The summed E-state index contributed by atoms with van der Waals surface area (Å²) < 4.78 is 22.3. The maximum absolute atomic E-state index is 12.1. The zero-order valence-corrected chi connectivity index (χ0v) is 11.6. The van der Waals surface area contributed by atoms with Crippen LogP contribution in [0, 0.1) is 0 Å². The molecule has 1 fully saturated rings. The van der Waals surface area contributed by atoms with Crippen molar-refractivity contribution in [2.45, 2.75) is 44.7 Å². The number of rotatable bonds is 5. The molecule has 0 spiro atoms. The number of hydrogen-bond donors (Lipinski definition) is 2. The van der Waals surface area contributed by atoms with Gasteiger partial charge in [-0.15, -0.1) is 0 Å². The summed E-state index contributed by atoms with van der Waals surface area (Å²) in [6.07, 6.45) is 3.71. The van der Waals surface area contributed by atoms with Crippen LogP contribution >= 0.6 is 0 Å². The highest BCUT2D eigenvalue weighted by atomic mass is 32.2. The molecule has 1 heterocycles. The van der Waals surface area contributed by atoms with Crippen LogP contribution in [-0.4, -0.2) is 44.5 Å². The second-order valence-electron chi connectivity index (χ2n) is 4.93. The molecule has 0 radical (unpaired) electrons. The van der Waals surface area contributed by atoms with E-state index in [1.165, 1.54) is 6.26 Å². The van der Waals surface area contributed by atoms with Gasteiger partial charge < -0.3 is 10.6 Å². The normalized spacial score (nSPS) is 26.8. The Labute approximate surface area is 103 Å². The predicted molar refractivity (Wildman–Crippen MR) is 67.6 cm³/mol. The second kappa shape index (κ2) is 5.35. The first-order chi connectivity index (χ1) is 7.79. The van der Waals surface area contributed by atoms with E-state index in [1.807, 2.05) is 6.92 Å². The van der Waals surface area contributed by atoms with Gasteiger partial charge in [0.05, 0.1) is 11.3 Å². The highest BCUT2D eigenvalue weighted by Crippen LogP contribution is 2.23. The van der Waals surface area contributed by atoms with Gasteiger partial charge in [0.15, 0.2) is 0 Å². The number of carbonyl (C=O) groups excluding carboxylic acids is 1. The van der Waals surface area contributed by atoms with E-state index in [4.69, 9.17) is 0 Å². The van der Waals surface area contributed by atoms with Crippen molar-refractivity contribution in [2.75, 3.05) is 18.6 Å². The Morgan fingerprint density at radius 2 is 2.18 bits per heavy atom. The average Bonchev–Trinajstić information content (AvgIpc) is 2.63. The lowest BCUT2D eigenvalue weighted by atomic mass is 9.93. The van der Waals surface area contributed by atoms with Gasteiger partial charge in [-0.25, -0.2) is 8.42 Å². The summed E-state index contributed by atoms with van der Waals surface area (Å²) >= 11 is 0. The van der Waals surface area contributed by atoms with E-state index >= 15 is 0 Å². The van der Waals surface area contributed by atoms with Crippen molar-refractivity contribution in [3.8, 4) is 0 Å². The Morgan fingerprint density at radius 3 is 2.59 bits per heavy atom. The summed E-state index contributed by atoms with van der Waals surface area (Å²) in [5, 5.41) is 6.02. The molecule has 1 aliphatic heterocycles. The molecule has 0 aromatic heterocycles.